The number of nitro benzene ring substituents is 1. The van der Waals surface area contributed by atoms with Crippen molar-refractivity contribution >= 4 is 58.5 Å². The molecule has 346 valence electrons. The lowest BCUT2D eigenvalue weighted by Gasteiger charge is -2.34. The van der Waals surface area contributed by atoms with Crippen LogP contribution in [0, 0.1) is 17.0 Å². The number of allylic oxidation sites excluding steroid dienone is 1. The van der Waals surface area contributed by atoms with E-state index in [1.54, 1.807) is 73.8 Å². The number of piperazine rings is 1. The van der Waals surface area contributed by atoms with E-state index in [1.165, 1.54) is 24.1 Å². The third kappa shape index (κ3) is 13.8. The number of carbonyl (C=O) groups excluding carboxylic acids is 5. The summed E-state index contributed by atoms with van der Waals surface area (Å²) in [4.78, 5) is 77.9. The highest BCUT2D eigenvalue weighted by Gasteiger charge is 2.30. The van der Waals surface area contributed by atoms with Gasteiger partial charge in [0.05, 0.1) is 23.2 Å². The molecule has 6 N–H and O–H groups in total. The smallest absolute Gasteiger partial charge is 0.410 e. The average molecular weight is 890 g/mol. The second-order valence-corrected chi connectivity index (χ2v) is 14.7. The summed E-state index contributed by atoms with van der Waals surface area (Å²) in [5.41, 5.74) is 12.7. The van der Waals surface area contributed by atoms with Crippen molar-refractivity contribution in [2.45, 2.75) is 67.2 Å². The first-order valence-electron chi connectivity index (χ1n) is 20.5. The number of nitrogens with zero attached hydrogens (tertiary/aromatic N) is 7. The molecule has 0 aliphatic carbocycles. The van der Waals surface area contributed by atoms with Gasteiger partial charge < -0.3 is 45.8 Å². The van der Waals surface area contributed by atoms with Crippen molar-refractivity contribution in [3.8, 4) is 11.5 Å². The highest BCUT2D eigenvalue weighted by Crippen LogP contribution is 2.36. The molecule has 0 atom stereocenters. The zero-order valence-corrected chi connectivity index (χ0v) is 37.8. The maximum atomic E-state index is 12.6. The minimum atomic E-state index is -0.870. The fourth-order valence-electron chi connectivity index (χ4n) is 6.20. The monoisotopic (exact) mass is 889 g/mol. The SMILES string of the molecule is CC.CCn1nc(C)cc1C=O.CNc1nc2cc(C(N)=O)cc(OC)c2n1C/C=C/CNc1c(OC/C=C/CN2CCN(C(=O)OC(C)(C)C)CC2=O)cc(C(N)=O)cc1[N+](=O)[O-]. The number of aromatic nitrogens is 4. The van der Waals surface area contributed by atoms with E-state index in [9.17, 15) is 34.1 Å². The Bertz CT molecular complexity index is 2360. The average Bonchev–Trinajstić information content (AvgIpc) is 3.82. The topological polar surface area (TPSA) is 274 Å². The van der Waals surface area contributed by atoms with Crippen LogP contribution in [0.1, 0.15) is 78.4 Å². The van der Waals surface area contributed by atoms with Gasteiger partial charge in [-0.15, -0.1) is 0 Å². The van der Waals surface area contributed by atoms with E-state index in [0.29, 0.717) is 48.1 Å². The number of nitrogens with two attached hydrogens (primary N) is 2. The van der Waals surface area contributed by atoms with Crippen LogP contribution in [0.15, 0.2) is 54.6 Å². The maximum absolute atomic E-state index is 12.6. The van der Waals surface area contributed by atoms with Crippen LogP contribution in [0.4, 0.5) is 22.1 Å². The Labute approximate surface area is 371 Å². The number of nitro groups is 1. The summed E-state index contributed by atoms with van der Waals surface area (Å²) in [6.45, 7) is 15.0. The number of aryl methyl sites for hydroxylation is 2. The first-order chi connectivity index (χ1) is 30.4. The molecule has 0 radical (unpaired) electrons. The number of methoxy groups -OCH3 is 1. The zero-order chi connectivity index (χ0) is 47.7. The fraction of sp³-hybridized carbons (Fsp3) is 0.419. The molecule has 4 aromatic rings. The van der Waals surface area contributed by atoms with E-state index >= 15 is 0 Å². The first-order valence-corrected chi connectivity index (χ1v) is 20.5. The summed E-state index contributed by atoms with van der Waals surface area (Å²) in [6, 6.07) is 7.27. The highest BCUT2D eigenvalue weighted by molar-refractivity contribution is 5.99. The number of rotatable bonds is 17. The molecule has 4 amide bonds. The number of aldehydes is 1. The molecule has 5 rings (SSSR count). The van der Waals surface area contributed by atoms with Gasteiger partial charge in [-0.25, -0.2) is 9.78 Å². The van der Waals surface area contributed by atoms with Crippen molar-refractivity contribution in [2.24, 2.45) is 11.5 Å². The van der Waals surface area contributed by atoms with Crippen molar-refractivity contribution in [1.29, 1.82) is 0 Å². The largest absolute Gasteiger partial charge is 0.494 e. The van der Waals surface area contributed by atoms with Crippen LogP contribution in [-0.4, -0.2) is 123 Å². The standard InChI is InChI=1S/C34H43N9O9.C7H10N2O.C2H6/c1-34(2,3)52-33(47)41-14-13-40(27(44)20-41)11-8-9-15-51-25-18-22(31(36)46)17-24(43(48)49)28(25)38-10-6-7-12-42-29-23(39-32(42)37-4)16-21(30(35)45)19-26(29)50-5;1-3-9-7(5-10)4-6(2)8-9;1-2/h6-9,16-19,38H,10-15,20H2,1-5H3,(H2,35,45)(H2,36,46)(H,37,39);4-5H,3H2,1-2H3;1-2H3/b7-6+,9-8+;;. The molecule has 21 nitrogen and oxygen atoms in total. The number of primary amides is 2. The van der Waals surface area contributed by atoms with Crippen LogP contribution >= 0.6 is 0 Å². The number of amides is 4. The Hall–Kier alpha value is -7.45. The summed E-state index contributed by atoms with van der Waals surface area (Å²) in [6.07, 6.45) is 7.15. The van der Waals surface area contributed by atoms with Crippen LogP contribution in [0.2, 0.25) is 0 Å². The van der Waals surface area contributed by atoms with Crippen molar-refractivity contribution in [1.82, 2.24) is 29.1 Å². The van der Waals surface area contributed by atoms with E-state index < -0.39 is 34.1 Å². The van der Waals surface area contributed by atoms with Crippen LogP contribution in [0.3, 0.4) is 0 Å². The van der Waals surface area contributed by atoms with Crippen LogP contribution in [-0.2, 0) is 22.6 Å². The molecule has 0 spiro atoms. The lowest BCUT2D eigenvalue weighted by Crippen LogP contribution is -2.53. The second kappa shape index (κ2) is 23.7. The van der Waals surface area contributed by atoms with E-state index in [2.05, 4.69) is 20.7 Å². The molecule has 1 aliphatic rings. The molecule has 2 aromatic carbocycles. The predicted octanol–water partition coefficient (Wildman–Crippen LogP) is 4.93. The van der Waals surface area contributed by atoms with Gasteiger partial charge in [-0.05, 0) is 65.0 Å². The summed E-state index contributed by atoms with van der Waals surface area (Å²) in [5.74, 6) is -0.803. The van der Waals surface area contributed by atoms with Gasteiger partial charge in [0.15, 0.2) is 17.7 Å². The molecule has 0 unspecified atom stereocenters. The number of hydrogen-bond donors (Lipinski definition) is 4. The fourth-order valence-corrected chi connectivity index (χ4v) is 6.20. The maximum Gasteiger partial charge on any atom is 0.410 e. The number of carbonyl (C=O) groups is 5. The highest BCUT2D eigenvalue weighted by atomic mass is 16.6. The molecule has 1 saturated heterocycles. The van der Waals surface area contributed by atoms with Gasteiger partial charge in [-0.3, -0.25) is 38.9 Å². The van der Waals surface area contributed by atoms with Gasteiger partial charge in [0.1, 0.15) is 35.7 Å². The van der Waals surface area contributed by atoms with Gasteiger partial charge >= 0.3 is 6.09 Å². The van der Waals surface area contributed by atoms with Crippen LogP contribution in [0.25, 0.3) is 11.0 Å². The summed E-state index contributed by atoms with van der Waals surface area (Å²) in [5, 5.41) is 22.1. The van der Waals surface area contributed by atoms with E-state index in [4.69, 9.17) is 25.7 Å². The number of nitrogens with one attached hydrogen (secondary N) is 2. The molecule has 0 bridgehead atoms. The number of benzene rings is 2. The van der Waals surface area contributed by atoms with Gasteiger partial charge in [-0.1, -0.05) is 32.1 Å². The third-order valence-electron chi connectivity index (χ3n) is 9.10. The minimum absolute atomic E-state index is 0.0242. The minimum Gasteiger partial charge on any atom is -0.494 e. The van der Waals surface area contributed by atoms with Gasteiger partial charge in [0.25, 0.3) is 5.69 Å². The molecule has 0 saturated carbocycles. The molecule has 2 aromatic heterocycles. The molecule has 21 heteroatoms. The second-order valence-electron chi connectivity index (χ2n) is 14.7. The van der Waals surface area contributed by atoms with Gasteiger partial charge in [-0.2, -0.15) is 5.10 Å². The van der Waals surface area contributed by atoms with Gasteiger partial charge in [0, 0.05) is 63.5 Å². The number of hydrogen-bond acceptors (Lipinski definition) is 14. The molecular formula is C43H59N11O10. The van der Waals surface area contributed by atoms with Crippen molar-refractivity contribution < 1.29 is 43.1 Å². The van der Waals surface area contributed by atoms with Crippen molar-refractivity contribution in [3.63, 3.8) is 0 Å². The lowest BCUT2D eigenvalue weighted by molar-refractivity contribution is -0.384. The van der Waals surface area contributed by atoms with E-state index in [-0.39, 0.29) is 54.7 Å². The predicted molar refractivity (Wildman–Crippen MR) is 242 cm³/mol. The number of anilines is 2. The Morgan fingerprint density at radius 1 is 0.969 bits per heavy atom. The van der Waals surface area contributed by atoms with Crippen molar-refractivity contribution in [2.75, 3.05) is 64.1 Å². The molecular weight excluding hydrogens is 831 g/mol. The quantitative estimate of drug-likeness (QED) is 0.0474. The Balaban J connectivity index is 0.000000789. The Kier molecular flexibility index (Phi) is 18.8. The van der Waals surface area contributed by atoms with Gasteiger partial charge in [0.2, 0.25) is 23.7 Å². The molecule has 1 fully saturated rings. The Morgan fingerprint density at radius 3 is 2.19 bits per heavy atom. The van der Waals surface area contributed by atoms with Crippen molar-refractivity contribution in [3.05, 3.63) is 87.3 Å². The summed E-state index contributed by atoms with van der Waals surface area (Å²) >= 11 is 0. The van der Waals surface area contributed by atoms with Crippen LogP contribution in [0.5, 0.6) is 11.5 Å². The number of fused-ring (bicyclic) bond motifs is 1. The Morgan fingerprint density at radius 2 is 1.62 bits per heavy atom. The van der Waals surface area contributed by atoms with E-state index in [0.717, 1.165) is 24.6 Å². The molecule has 3 heterocycles. The first kappa shape index (κ1) is 50.9. The summed E-state index contributed by atoms with van der Waals surface area (Å²) < 4.78 is 20.2. The molecule has 64 heavy (non-hydrogen) atoms. The molecule has 1 aliphatic heterocycles. The number of imidazole rings is 1. The summed E-state index contributed by atoms with van der Waals surface area (Å²) in [7, 11) is 3.17. The van der Waals surface area contributed by atoms with E-state index in [1.807, 2.05) is 32.3 Å². The van der Waals surface area contributed by atoms with Crippen LogP contribution < -0.4 is 31.6 Å². The zero-order valence-electron chi connectivity index (χ0n) is 37.8. The number of ether oxygens (including phenoxy) is 3. The third-order valence-corrected chi connectivity index (χ3v) is 9.10. The lowest BCUT2D eigenvalue weighted by atomic mass is 10.1. The normalized spacial score (nSPS) is 12.6.